The molecule has 0 heterocycles. The van der Waals surface area contributed by atoms with Crippen molar-refractivity contribution in [3.05, 3.63) is 30.3 Å². The molecule has 0 aliphatic heterocycles. The van der Waals surface area contributed by atoms with Crippen molar-refractivity contribution in [2.75, 3.05) is 0 Å². The molecule has 0 radical (unpaired) electrons. The van der Waals surface area contributed by atoms with E-state index in [1.807, 2.05) is 6.07 Å². The molecule has 0 spiro atoms. The van der Waals surface area contributed by atoms with Gasteiger partial charge in [-0.2, -0.15) is 0 Å². The van der Waals surface area contributed by atoms with E-state index in [-0.39, 0.29) is 0 Å². The van der Waals surface area contributed by atoms with Crippen molar-refractivity contribution in [1.82, 2.24) is 0 Å². The number of benzene rings is 1. The average molecular weight is 267 g/mol. The second-order valence-electron chi connectivity index (χ2n) is 4.15. The number of hydrogen-bond acceptors (Lipinski definition) is 1. The molecule has 80 valence electrons. The van der Waals surface area contributed by atoms with Crippen molar-refractivity contribution in [2.45, 2.75) is 31.0 Å². The summed E-state index contributed by atoms with van der Waals surface area (Å²) >= 11 is 0.340. The van der Waals surface area contributed by atoms with Gasteiger partial charge in [0, 0.05) is 0 Å². The van der Waals surface area contributed by atoms with Gasteiger partial charge in [0.1, 0.15) is 0 Å². The standard InChI is InChI=1S/C13H16OSe/c1-10-6-5-9-12(13(10)14)15-11-7-3-2-4-8-11/h2-4,7-8,10,12H,5-6,9H2,1H3/t10-,12-/m1/s1. The van der Waals surface area contributed by atoms with E-state index in [0.29, 0.717) is 31.5 Å². The van der Waals surface area contributed by atoms with E-state index in [4.69, 9.17) is 0 Å². The Kier molecular flexibility index (Phi) is 3.61. The number of rotatable bonds is 2. The Labute approximate surface area is 97.4 Å². The molecule has 0 aromatic heterocycles. The second-order valence-corrected chi connectivity index (χ2v) is 6.83. The number of ketones is 1. The predicted molar refractivity (Wildman–Crippen MR) is 63.6 cm³/mol. The molecule has 2 atom stereocenters. The molecule has 1 fully saturated rings. The normalized spacial score (nSPS) is 26.6. The summed E-state index contributed by atoms with van der Waals surface area (Å²) in [6, 6.07) is 10.5. The topological polar surface area (TPSA) is 17.1 Å². The molecule has 1 aliphatic carbocycles. The van der Waals surface area contributed by atoms with E-state index in [1.54, 1.807) is 0 Å². The molecule has 1 nitrogen and oxygen atoms in total. The van der Waals surface area contributed by atoms with Crippen LogP contribution in [-0.2, 0) is 4.79 Å². The fraction of sp³-hybridized carbons (Fsp3) is 0.462. The van der Waals surface area contributed by atoms with Gasteiger partial charge in [-0.15, -0.1) is 0 Å². The number of carbonyl (C=O) groups excluding carboxylic acids is 1. The maximum absolute atomic E-state index is 11.9. The fourth-order valence-corrected chi connectivity index (χ4v) is 4.67. The molecule has 0 amide bonds. The first kappa shape index (κ1) is 10.9. The summed E-state index contributed by atoms with van der Waals surface area (Å²) in [6.45, 7) is 2.08. The Balaban J connectivity index is 2.03. The van der Waals surface area contributed by atoms with Gasteiger partial charge in [-0.1, -0.05) is 0 Å². The van der Waals surface area contributed by atoms with Gasteiger partial charge in [0.15, 0.2) is 0 Å². The Hall–Kier alpha value is -0.591. The summed E-state index contributed by atoms with van der Waals surface area (Å²) in [4.78, 5) is 12.3. The molecular weight excluding hydrogens is 251 g/mol. The molecule has 1 saturated carbocycles. The van der Waals surface area contributed by atoms with Gasteiger partial charge in [0.25, 0.3) is 0 Å². The van der Waals surface area contributed by atoms with Crippen molar-refractivity contribution in [2.24, 2.45) is 5.92 Å². The number of hydrogen-bond donors (Lipinski definition) is 0. The van der Waals surface area contributed by atoms with Crippen molar-refractivity contribution >= 4 is 25.2 Å². The fourth-order valence-electron chi connectivity index (χ4n) is 1.99. The molecule has 0 unspecified atom stereocenters. The van der Waals surface area contributed by atoms with Gasteiger partial charge in [0.05, 0.1) is 0 Å². The summed E-state index contributed by atoms with van der Waals surface area (Å²) in [6.07, 6.45) is 3.43. The van der Waals surface area contributed by atoms with Crippen LogP contribution in [0.15, 0.2) is 30.3 Å². The first-order valence-electron chi connectivity index (χ1n) is 5.53. The quantitative estimate of drug-likeness (QED) is 0.751. The summed E-state index contributed by atoms with van der Waals surface area (Å²) in [7, 11) is 0. The van der Waals surface area contributed by atoms with Crippen LogP contribution >= 0.6 is 0 Å². The van der Waals surface area contributed by atoms with Crippen molar-refractivity contribution in [3.8, 4) is 0 Å². The molecule has 2 rings (SSSR count). The van der Waals surface area contributed by atoms with Crippen LogP contribution in [0.2, 0.25) is 4.82 Å². The summed E-state index contributed by atoms with van der Waals surface area (Å²) in [5.74, 6) is 0.805. The van der Waals surface area contributed by atoms with E-state index in [9.17, 15) is 4.79 Å². The third kappa shape index (κ3) is 2.70. The molecule has 15 heavy (non-hydrogen) atoms. The molecule has 0 N–H and O–H groups in total. The molecule has 2 heteroatoms. The molecule has 1 aliphatic rings. The zero-order chi connectivity index (χ0) is 10.7. The molecule has 0 bridgehead atoms. The zero-order valence-electron chi connectivity index (χ0n) is 8.98. The van der Waals surface area contributed by atoms with E-state index in [1.165, 1.54) is 10.9 Å². The van der Waals surface area contributed by atoms with Crippen LogP contribution < -0.4 is 4.46 Å². The van der Waals surface area contributed by atoms with Gasteiger partial charge in [-0.05, 0) is 0 Å². The Morgan fingerprint density at radius 3 is 2.67 bits per heavy atom. The van der Waals surface area contributed by atoms with E-state index in [2.05, 4.69) is 31.2 Å². The van der Waals surface area contributed by atoms with Crippen LogP contribution in [0.5, 0.6) is 0 Å². The van der Waals surface area contributed by atoms with E-state index < -0.39 is 0 Å². The monoisotopic (exact) mass is 268 g/mol. The van der Waals surface area contributed by atoms with Gasteiger partial charge in [-0.25, -0.2) is 0 Å². The molecular formula is C13H16OSe. The van der Waals surface area contributed by atoms with Crippen LogP contribution in [0.25, 0.3) is 0 Å². The van der Waals surface area contributed by atoms with Crippen LogP contribution in [-0.4, -0.2) is 20.7 Å². The first-order valence-corrected chi connectivity index (χ1v) is 7.37. The summed E-state index contributed by atoms with van der Waals surface area (Å²) in [5, 5.41) is 0. The molecule has 1 aromatic rings. The van der Waals surface area contributed by atoms with Crippen molar-refractivity contribution < 1.29 is 4.79 Å². The first-order chi connectivity index (χ1) is 7.27. The van der Waals surface area contributed by atoms with Crippen molar-refractivity contribution in [1.29, 1.82) is 0 Å². The number of carbonyl (C=O) groups is 1. The van der Waals surface area contributed by atoms with Gasteiger partial charge in [0.2, 0.25) is 0 Å². The average Bonchev–Trinajstić information content (AvgIpc) is 2.26. The minimum atomic E-state index is 0.300. The van der Waals surface area contributed by atoms with E-state index >= 15 is 0 Å². The minimum absolute atomic E-state index is 0.300. The number of Topliss-reactive ketones (excluding diaryl/α,β-unsaturated/α-hetero) is 1. The SMILES string of the molecule is C[C@@H]1CCC[C@@H]([Se]c2ccccc2)C1=O. The third-order valence-electron chi connectivity index (χ3n) is 2.93. The van der Waals surface area contributed by atoms with Crippen LogP contribution in [0, 0.1) is 5.92 Å². The predicted octanol–water partition coefficient (Wildman–Crippen LogP) is 2.19. The maximum atomic E-state index is 11.9. The van der Waals surface area contributed by atoms with Gasteiger partial charge >= 0.3 is 97.2 Å². The van der Waals surface area contributed by atoms with Crippen LogP contribution in [0.1, 0.15) is 26.2 Å². The Bertz CT molecular complexity index is 334. The molecule has 1 aromatic carbocycles. The Morgan fingerprint density at radius 1 is 1.20 bits per heavy atom. The molecule has 0 saturated heterocycles. The summed E-state index contributed by atoms with van der Waals surface area (Å²) in [5.41, 5.74) is 0. The van der Waals surface area contributed by atoms with Crippen LogP contribution in [0.3, 0.4) is 0 Å². The van der Waals surface area contributed by atoms with E-state index in [0.717, 1.165) is 12.8 Å². The summed E-state index contributed by atoms with van der Waals surface area (Å²) < 4.78 is 1.36. The second kappa shape index (κ2) is 4.96. The van der Waals surface area contributed by atoms with Gasteiger partial charge < -0.3 is 0 Å². The Morgan fingerprint density at radius 2 is 1.93 bits per heavy atom. The van der Waals surface area contributed by atoms with Crippen molar-refractivity contribution in [3.63, 3.8) is 0 Å². The third-order valence-corrected chi connectivity index (χ3v) is 5.65. The van der Waals surface area contributed by atoms with Crippen LogP contribution in [0.4, 0.5) is 0 Å². The zero-order valence-corrected chi connectivity index (χ0v) is 10.7. The van der Waals surface area contributed by atoms with Gasteiger partial charge in [-0.3, -0.25) is 0 Å².